The molecule has 1 aliphatic rings. The number of thioether (sulfide) groups is 1. The van der Waals surface area contributed by atoms with Gasteiger partial charge in [-0.3, -0.25) is 4.52 Å². The van der Waals surface area contributed by atoms with E-state index in [0.29, 0.717) is 12.1 Å². The van der Waals surface area contributed by atoms with Crippen molar-refractivity contribution >= 4 is 24.4 Å². The minimum atomic E-state index is -3.00. The molecule has 0 saturated carbocycles. The Morgan fingerprint density at radius 2 is 2.25 bits per heavy atom. The SMILES string of the molecule is CCOP1(=O)CSC(c2ccccc2)=NO1. The van der Waals surface area contributed by atoms with Crippen LogP contribution in [0, 0.1) is 0 Å². The highest BCUT2D eigenvalue weighted by atomic mass is 32.2. The number of nitrogens with zero attached hydrogens (tertiary/aromatic N) is 1. The number of hydrogen-bond donors (Lipinski definition) is 0. The molecule has 1 aromatic rings. The molecule has 0 amide bonds. The monoisotopic (exact) mass is 257 g/mol. The molecule has 4 nitrogen and oxygen atoms in total. The van der Waals surface area contributed by atoms with E-state index in [9.17, 15) is 4.57 Å². The normalized spacial score (nSPS) is 24.7. The summed E-state index contributed by atoms with van der Waals surface area (Å²) in [5.41, 5.74) is 1.28. The van der Waals surface area contributed by atoms with Crippen LogP contribution < -0.4 is 0 Å². The van der Waals surface area contributed by atoms with E-state index in [1.807, 2.05) is 30.3 Å². The predicted octanol–water partition coefficient (Wildman–Crippen LogP) is 3.30. The summed E-state index contributed by atoms with van der Waals surface area (Å²) in [4.78, 5) is 0. The van der Waals surface area contributed by atoms with Gasteiger partial charge in [-0.05, 0) is 6.92 Å². The third-order valence-electron chi connectivity index (χ3n) is 1.95. The van der Waals surface area contributed by atoms with Crippen molar-refractivity contribution in [3.05, 3.63) is 35.9 Å². The van der Waals surface area contributed by atoms with Crippen molar-refractivity contribution in [1.82, 2.24) is 0 Å². The molecule has 6 heteroatoms. The molecule has 1 unspecified atom stereocenters. The molecular formula is C10H12NO3PS. The molecule has 0 bridgehead atoms. The van der Waals surface area contributed by atoms with Gasteiger partial charge in [-0.25, -0.2) is 4.57 Å². The molecule has 86 valence electrons. The van der Waals surface area contributed by atoms with E-state index in [-0.39, 0.29) is 0 Å². The Hall–Kier alpha value is -0.770. The van der Waals surface area contributed by atoms with E-state index in [4.69, 9.17) is 9.15 Å². The first-order chi connectivity index (χ1) is 7.73. The Bertz CT molecular complexity index is 435. The van der Waals surface area contributed by atoms with Crippen molar-refractivity contribution in [2.45, 2.75) is 6.92 Å². The maximum atomic E-state index is 11.8. The van der Waals surface area contributed by atoms with Crippen LogP contribution in [0.2, 0.25) is 0 Å². The molecule has 1 aromatic carbocycles. The Kier molecular flexibility index (Phi) is 3.69. The maximum Gasteiger partial charge on any atom is 0.410 e. The minimum Gasteiger partial charge on any atom is -0.312 e. The van der Waals surface area contributed by atoms with Gasteiger partial charge in [0.05, 0.1) is 6.61 Å². The highest BCUT2D eigenvalue weighted by Crippen LogP contribution is 2.54. The topological polar surface area (TPSA) is 47.9 Å². The van der Waals surface area contributed by atoms with Gasteiger partial charge in [0, 0.05) is 5.56 Å². The molecule has 0 spiro atoms. The van der Waals surface area contributed by atoms with Crippen molar-refractivity contribution in [2.75, 3.05) is 12.1 Å². The lowest BCUT2D eigenvalue weighted by Crippen LogP contribution is -2.06. The first kappa shape index (κ1) is 11.7. The first-order valence-electron chi connectivity index (χ1n) is 4.92. The second kappa shape index (κ2) is 5.04. The fraction of sp³-hybridized carbons (Fsp3) is 0.300. The van der Waals surface area contributed by atoms with Crippen LogP contribution in [0.25, 0.3) is 0 Å². The van der Waals surface area contributed by atoms with Crippen LogP contribution in [0.5, 0.6) is 0 Å². The lowest BCUT2D eigenvalue weighted by Gasteiger charge is -2.19. The summed E-state index contributed by atoms with van der Waals surface area (Å²) in [5, 5.41) is 4.61. The molecular weight excluding hydrogens is 245 g/mol. The van der Waals surface area contributed by atoms with Crippen molar-refractivity contribution in [3.8, 4) is 0 Å². The second-order valence-corrected chi connectivity index (χ2v) is 6.50. The van der Waals surface area contributed by atoms with Gasteiger partial charge in [0.25, 0.3) is 0 Å². The summed E-state index contributed by atoms with van der Waals surface area (Å²) in [7, 11) is -3.00. The summed E-state index contributed by atoms with van der Waals surface area (Å²) in [5.74, 6) is 0. The Morgan fingerprint density at radius 3 is 2.81 bits per heavy atom. The van der Waals surface area contributed by atoms with E-state index >= 15 is 0 Å². The lowest BCUT2D eigenvalue weighted by atomic mass is 10.2. The Balaban J connectivity index is 2.12. The molecule has 1 aliphatic heterocycles. The maximum absolute atomic E-state index is 11.8. The van der Waals surface area contributed by atoms with Gasteiger partial charge in [0.2, 0.25) is 0 Å². The van der Waals surface area contributed by atoms with E-state index in [1.165, 1.54) is 11.8 Å². The fourth-order valence-electron chi connectivity index (χ4n) is 1.26. The third-order valence-corrected chi connectivity index (χ3v) is 5.30. The van der Waals surface area contributed by atoms with E-state index in [0.717, 1.165) is 10.6 Å². The van der Waals surface area contributed by atoms with Crippen LogP contribution >= 0.6 is 19.4 Å². The average Bonchev–Trinajstić information content (AvgIpc) is 2.31. The smallest absolute Gasteiger partial charge is 0.312 e. The van der Waals surface area contributed by atoms with Gasteiger partial charge in [0.1, 0.15) is 10.5 Å². The molecule has 0 N–H and O–H groups in total. The number of rotatable bonds is 3. The van der Waals surface area contributed by atoms with Crippen LogP contribution in [0.3, 0.4) is 0 Å². The van der Waals surface area contributed by atoms with Crippen LogP contribution in [-0.4, -0.2) is 17.1 Å². The highest BCUT2D eigenvalue weighted by Gasteiger charge is 2.31. The lowest BCUT2D eigenvalue weighted by molar-refractivity contribution is 0.222. The van der Waals surface area contributed by atoms with Gasteiger partial charge in [-0.2, -0.15) is 0 Å². The number of benzene rings is 1. The summed E-state index contributed by atoms with van der Waals surface area (Å²) in [6.07, 6.45) is 0. The zero-order chi connectivity index (χ0) is 11.4. The first-order valence-corrected chi connectivity index (χ1v) is 7.63. The van der Waals surface area contributed by atoms with Gasteiger partial charge >= 0.3 is 7.60 Å². The number of oxime groups is 1. The quantitative estimate of drug-likeness (QED) is 0.779. The van der Waals surface area contributed by atoms with E-state index < -0.39 is 7.60 Å². The van der Waals surface area contributed by atoms with Crippen LogP contribution in [-0.2, 0) is 13.7 Å². The summed E-state index contributed by atoms with van der Waals surface area (Å²) in [6.45, 7) is 2.15. The molecule has 2 rings (SSSR count). The van der Waals surface area contributed by atoms with E-state index in [2.05, 4.69) is 5.16 Å². The van der Waals surface area contributed by atoms with Crippen molar-refractivity contribution in [3.63, 3.8) is 0 Å². The zero-order valence-electron chi connectivity index (χ0n) is 8.83. The van der Waals surface area contributed by atoms with Crippen molar-refractivity contribution in [1.29, 1.82) is 0 Å². The fourth-order valence-corrected chi connectivity index (χ4v) is 3.97. The average molecular weight is 257 g/mol. The van der Waals surface area contributed by atoms with Crippen LogP contribution in [0.15, 0.2) is 35.5 Å². The molecule has 0 radical (unpaired) electrons. The third kappa shape index (κ3) is 2.67. The molecule has 0 aliphatic carbocycles. The van der Waals surface area contributed by atoms with E-state index in [1.54, 1.807) is 6.92 Å². The van der Waals surface area contributed by atoms with Gasteiger partial charge in [-0.1, -0.05) is 47.2 Å². The highest BCUT2D eigenvalue weighted by molar-refractivity contribution is 8.18. The Labute approximate surface area is 98.5 Å². The second-order valence-electron chi connectivity index (χ2n) is 3.15. The standard InChI is InChI=1S/C10H12NO3PS/c1-2-13-15(12)8-16-10(11-14-15)9-6-4-3-5-7-9/h3-7H,2,8H2,1H3. The summed E-state index contributed by atoms with van der Waals surface area (Å²) >= 11 is 1.40. The largest absolute Gasteiger partial charge is 0.410 e. The minimum absolute atomic E-state index is 0.314. The zero-order valence-corrected chi connectivity index (χ0v) is 10.5. The van der Waals surface area contributed by atoms with Crippen LogP contribution in [0.4, 0.5) is 0 Å². The predicted molar refractivity (Wildman–Crippen MR) is 65.8 cm³/mol. The van der Waals surface area contributed by atoms with Gasteiger partial charge in [-0.15, -0.1) is 0 Å². The summed E-state index contributed by atoms with van der Waals surface area (Å²) in [6, 6.07) is 9.66. The number of hydrogen-bond acceptors (Lipinski definition) is 5. The van der Waals surface area contributed by atoms with Crippen molar-refractivity contribution < 1.29 is 13.7 Å². The van der Waals surface area contributed by atoms with Gasteiger partial charge < -0.3 is 4.62 Å². The molecule has 0 fully saturated rings. The van der Waals surface area contributed by atoms with Crippen LogP contribution in [0.1, 0.15) is 12.5 Å². The Morgan fingerprint density at radius 1 is 1.50 bits per heavy atom. The van der Waals surface area contributed by atoms with Crippen molar-refractivity contribution in [2.24, 2.45) is 5.16 Å². The molecule has 0 saturated heterocycles. The molecule has 0 aromatic heterocycles. The summed E-state index contributed by atoms with van der Waals surface area (Å²) < 4.78 is 21.9. The molecule has 1 heterocycles. The molecule has 16 heavy (non-hydrogen) atoms. The molecule has 1 atom stereocenters. The van der Waals surface area contributed by atoms with Gasteiger partial charge in [0.15, 0.2) is 0 Å².